The number of amides is 2. The fraction of sp³-hybridized carbons (Fsp3) is 0.176. The molecule has 23 heavy (non-hydrogen) atoms. The molecule has 2 aromatic heterocycles. The van der Waals surface area contributed by atoms with E-state index in [4.69, 9.17) is 11.6 Å². The van der Waals surface area contributed by atoms with Gasteiger partial charge in [-0.25, -0.2) is 4.79 Å². The van der Waals surface area contributed by atoms with E-state index >= 15 is 0 Å². The average molecular weight is 346 g/mol. The van der Waals surface area contributed by atoms with E-state index < -0.39 is 0 Å². The highest BCUT2D eigenvalue weighted by molar-refractivity contribution is 7.23. The Morgan fingerprint density at radius 2 is 2.00 bits per heavy atom. The maximum absolute atomic E-state index is 12.5. The third kappa shape index (κ3) is 3.16. The van der Waals surface area contributed by atoms with Crippen LogP contribution in [-0.2, 0) is 0 Å². The second kappa shape index (κ2) is 6.56. The molecule has 1 aromatic carbocycles. The van der Waals surface area contributed by atoms with Crippen LogP contribution in [0.2, 0.25) is 5.02 Å². The number of aromatic nitrogens is 1. The molecule has 2 heterocycles. The van der Waals surface area contributed by atoms with Crippen molar-refractivity contribution in [3.05, 3.63) is 59.4 Å². The van der Waals surface area contributed by atoms with Crippen molar-refractivity contribution in [1.82, 2.24) is 9.88 Å². The number of nitrogens with one attached hydrogen (secondary N) is 1. The van der Waals surface area contributed by atoms with E-state index in [1.165, 1.54) is 11.3 Å². The molecule has 3 aromatic rings. The topological polar surface area (TPSA) is 45.2 Å². The smallest absolute Gasteiger partial charge is 0.319 e. The maximum Gasteiger partial charge on any atom is 0.322 e. The lowest BCUT2D eigenvalue weighted by Crippen LogP contribution is -2.33. The number of rotatable bonds is 3. The van der Waals surface area contributed by atoms with Gasteiger partial charge in [-0.1, -0.05) is 35.9 Å². The van der Waals surface area contributed by atoms with Crippen molar-refractivity contribution in [1.29, 1.82) is 0 Å². The Kier molecular flexibility index (Phi) is 4.50. The molecule has 4 nitrogen and oxygen atoms in total. The van der Waals surface area contributed by atoms with E-state index in [1.807, 2.05) is 49.4 Å². The summed E-state index contributed by atoms with van der Waals surface area (Å²) in [7, 11) is 1.75. The first-order valence-electron chi connectivity index (χ1n) is 7.19. The number of pyridine rings is 1. The summed E-state index contributed by atoms with van der Waals surface area (Å²) in [6.07, 6.45) is 1.72. The normalized spacial score (nSPS) is 12.1. The molecule has 2 amide bonds. The predicted octanol–water partition coefficient (Wildman–Crippen LogP) is 5.17. The van der Waals surface area contributed by atoms with Gasteiger partial charge in [0.1, 0.15) is 5.00 Å². The maximum atomic E-state index is 12.5. The molecule has 0 aliphatic rings. The summed E-state index contributed by atoms with van der Waals surface area (Å²) >= 11 is 7.84. The minimum absolute atomic E-state index is 0.135. The average Bonchev–Trinajstić information content (AvgIpc) is 2.90. The SMILES string of the molecule is CC(c1ccccn1)N(C)C(=O)Nc1sc2ccccc2c1Cl. The van der Waals surface area contributed by atoms with Crippen molar-refractivity contribution in [2.24, 2.45) is 0 Å². The van der Waals surface area contributed by atoms with Gasteiger partial charge >= 0.3 is 6.03 Å². The Bertz CT molecular complexity index is 834. The molecule has 6 heteroatoms. The van der Waals surface area contributed by atoms with Crippen LogP contribution < -0.4 is 5.32 Å². The van der Waals surface area contributed by atoms with Crippen LogP contribution in [0.4, 0.5) is 9.80 Å². The Morgan fingerprint density at radius 3 is 2.70 bits per heavy atom. The van der Waals surface area contributed by atoms with Gasteiger partial charge in [-0.2, -0.15) is 0 Å². The molecule has 0 bridgehead atoms. The van der Waals surface area contributed by atoms with Crippen molar-refractivity contribution in [3.63, 3.8) is 0 Å². The molecular formula is C17H16ClN3OS. The van der Waals surface area contributed by atoms with E-state index in [2.05, 4.69) is 10.3 Å². The van der Waals surface area contributed by atoms with Gasteiger partial charge in [0, 0.05) is 23.3 Å². The van der Waals surface area contributed by atoms with Crippen LogP contribution in [0.1, 0.15) is 18.7 Å². The minimum atomic E-state index is -0.211. The van der Waals surface area contributed by atoms with Gasteiger partial charge in [0.15, 0.2) is 0 Å². The van der Waals surface area contributed by atoms with Gasteiger partial charge in [-0.3, -0.25) is 10.3 Å². The highest BCUT2D eigenvalue weighted by Gasteiger charge is 2.20. The van der Waals surface area contributed by atoms with Crippen molar-refractivity contribution >= 4 is 44.1 Å². The largest absolute Gasteiger partial charge is 0.322 e. The monoisotopic (exact) mass is 345 g/mol. The lowest BCUT2D eigenvalue weighted by Gasteiger charge is -2.24. The molecule has 1 unspecified atom stereocenters. The summed E-state index contributed by atoms with van der Waals surface area (Å²) in [6.45, 7) is 1.94. The zero-order chi connectivity index (χ0) is 16.4. The minimum Gasteiger partial charge on any atom is -0.319 e. The lowest BCUT2D eigenvalue weighted by molar-refractivity contribution is 0.207. The Hall–Kier alpha value is -2.11. The molecule has 3 rings (SSSR count). The van der Waals surface area contributed by atoms with Gasteiger partial charge < -0.3 is 4.90 Å². The number of carbonyl (C=O) groups is 1. The second-order valence-corrected chi connectivity index (χ2v) is 6.64. The molecule has 0 spiro atoms. The number of thiophene rings is 1. The molecular weight excluding hydrogens is 330 g/mol. The van der Waals surface area contributed by atoms with Crippen LogP contribution in [0.3, 0.4) is 0 Å². The summed E-state index contributed by atoms with van der Waals surface area (Å²) in [5.74, 6) is 0. The number of carbonyl (C=O) groups excluding carboxylic acids is 1. The van der Waals surface area contributed by atoms with Crippen molar-refractivity contribution < 1.29 is 4.79 Å². The molecule has 1 atom stereocenters. The molecule has 0 aliphatic heterocycles. The van der Waals surface area contributed by atoms with Gasteiger partial charge in [0.05, 0.1) is 16.8 Å². The fourth-order valence-corrected chi connectivity index (χ4v) is 3.65. The third-order valence-electron chi connectivity index (χ3n) is 3.77. The highest BCUT2D eigenvalue weighted by Crippen LogP contribution is 2.39. The standard InChI is InChI=1S/C17H16ClN3OS/c1-11(13-8-5-6-10-19-13)21(2)17(22)20-16-15(18)12-7-3-4-9-14(12)23-16/h3-11H,1-2H3,(H,20,22). The van der Waals surface area contributed by atoms with E-state index in [0.717, 1.165) is 15.8 Å². The van der Waals surface area contributed by atoms with Crippen LogP contribution in [-0.4, -0.2) is 23.0 Å². The van der Waals surface area contributed by atoms with Crippen LogP contribution in [0, 0.1) is 0 Å². The number of halogens is 1. The van der Waals surface area contributed by atoms with E-state index in [0.29, 0.717) is 10.0 Å². The number of hydrogen-bond donors (Lipinski definition) is 1. The van der Waals surface area contributed by atoms with Gasteiger partial charge in [0.2, 0.25) is 0 Å². The summed E-state index contributed by atoms with van der Waals surface area (Å²) < 4.78 is 1.05. The lowest BCUT2D eigenvalue weighted by atomic mass is 10.2. The number of anilines is 1. The highest BCUT2D eigenvalue weighted by atomic mass is 35.5. The van der Waals surface area contributed by atoms with Crippen LogP contribution >= 0.6 is 22.9 Å². The molecule has 0 saturated heterocycles. The molecule has 0 radical (unpaired) electrons. The zero-order valence-corrected chi connectivity index (χ0v) is 14.4. The fourth-order valence-electron chi connectivity index (χ4n) is 2.28. The number of fused-ring (bicyclic) bond motifs is 1. The molecule has 118 valence electrons. The van der Waals surface area contributed by atoms with E-state index in [1.54, 1.807) is 18.1 Å². The Labute approximate surface area is 143 Å². The molecule has 0 fully saturated rings. The number of hydrogen-bond acceptors (Lipinski definition) is 3. The first-order chi connectivity index (χ1) is 11.1. The Morgan fingerprint density at radius 1 is 1.26 bits per heavy atom. The van der Waals surface area contributed by atoms with E-state index in [9.17, 15) is 4.79 Å². The van der Waals surface area contributed by atoms with Gasteiger partial charge in [-0.05, 0) is 25.1 Å². The first-order valence-corrected chi connectivity index (χ1v) is 8.39. The summed E-state index contributed by atoms with van der Waals surface area (Å²) in [4.78, 5) is 18.4. The van der Waals surface area contributed by atoms with Crippen molar-refractivity contribution in [2.75, 3.05) is 12.4 Å². The quantitative estimate of drug-likeness (QED) is 0.711. The van der Waals surface area contributed by atoms with Gasteiger partial charge in [-0.15, -0.1) is 11.3 Å². The molecule has 1 N–H and O–H groups in total. The number of benzene rings is 1. The second-order valence-electron chi connectivity index (χ2n) is 5.21. The Balaban J connectivity index is 1.79. The first kappa shape index (κ1) is 15.8. The molecule has 0 saturated carbocycles. The third-order valence-corrected chi connectivity index (χ3v) is 5.36. The predicted molar refractivity (Wildman–Crippen MR) is 96.3 cm³/mol. The summed E-state index contributed by atoms with van der Waals surface area (Å²) in [5, 5.41) is 5.10. The summed E-state index contributed by atoms with van der Waals surface area (Å²) in [5.41, 5.74) is 0.840. The summed E-state index contributed by atoms with van der Waals surface area (Å²) in [6, 6.07) is 13.1. The van der Waals surface area contributed by atoms with Crippen LogP contribution in [0.5, 0.6) is 0 Å². The molecule has 0 aliphatic carbocycles. The van der Waals surface area contributed by atoms with Crippen molar-refractivity contribution in [2.45, 2.75) is 13.0 Å². The van der Waals surface area contributed by atoms with Crippen molar-refractivity contribution in [3.8, 4) is 0 Å². The van der Waals surface area contributed by atoms with Crippen LogP contribution in [0.15, 0.2) is 48.7 Å². The van der Waals surface area contributed by atoms with Gasteiger partial charge in [0.25, 0.3) is 0 Å². The van der Waals surface area contributed by atoms with E-state index in [-0.39, 0.29) is 12.1 Å². The number of urea groups is 1. The number of nitrogens with zero attached hydrogens (tertiary/aromatic N) is 2. The van der Waals surface area contributed by atoms with Crippen LogP contribution in [0.25, 0.3) is 10.1 Å². The zero-order valence-electron chi connectivity index (χ0n) is 12.8.